The second-order valence-electron chi connectivity index (χ2n) is 5.80. The van der Waals surface area contributed by atoms with Crippen LogP contribution in [-0.2, 0) is 0 Å². The minimum Gasteiger partial charge on any atom is -0.492 e. The maximum atomic E-state index is 11.7. The fraction of sp³-hybridized carbons (Fsp3) is 0.389. The molecule has 1 amide bonds. The molecule has 6 heteroatoms. The Bertz CT molecular complexity index is 678. The summed E-state index contributed by atoms with van der Waals surface area (Å²) in [5.41, 5.74) is 6.18. The molecule has 2 aromatic rings. The number of nitrogens with one attached hydrogen (secondary N) is 1. The first kappa shape index (κ1) is 16.5. The van der Waals surface area contributed by atoms with Crippen LogP contribution in [0.2, 0.25) is 0 Å². The molecule has 6 nitrogen and oxygen atoms in total. The number of nitrogens with zero attached hydrogens (tertiary/aromatic N) is 1. The number of ether oxygens (including phenoxy) is 1. The Morgan fingerprint density at radius 1 is 1.25 bits per heavy atom. The molecule has 0 radical (unpaired) electrons. The van der Waals surface area contributed by atoms with E-state index in [0.717, 1.165) is 17.9 Å². The predicted octanol–water partition coefficient (Wildman–Crippen LogP) is 2.07. The molecule has 0 spiro atoms. The van der Waals surface area contributed by atoms with Crippen molar-refractivity contribution < 1.29 is 13.9 Å². The molecule has 0 saturated carbocycles. The second-order valence-corrected chi connectivity index (χ2v) is 5.80. The maximum absolute atomic E-state index is 11.7. The van der Waals surface area contributed by atoms with Gasteiger partial charge in [0.05, 0.1) is 6.67 Å². The van der Waals surface area contributed by atoms with Gasteiger partial charge in [-0.05, 0) is 50.2 Å². The highest BCUT2D eigenvalue weighted by Gasteiger charge is 2.13. The first-order valence-electron chi connectivity index (χ1n) is 8.30. The van der Waals surface area contributed by atoms with Gasteiger partial charge in [-0.3, -0.25) is 9.69 Å². The lowest BCUT2D eigenvalue weighted by atomic mass is 10.1. The van der Waals surface area contributed by atoms with Crippen molar-refractivity contribution in [2.45, 2.75) is 12.8 Å². The van der Waals surface area contributed by atoms with E-state index in [1.165, 1.54) is 25.9 Å². The van der Waals surface area contributed by atoms with Crippen LogP contribution in [0.4, 0.5) is 0 Å². The van der Waals surface area contributed by atoms with Crippen LogP contribution in [0.15, 0.2) is 40.8 Å². The van der Waals surface area contributed by atoms with Crippen LogP contribution < -0.4 is 15.8 Å². The van der Waals surface area contributed by atoms with E-state index in [-0.39, 0.29) is 18.3 Å². The molecule has 1 aromatic carbocycles. The number of hydrogen-bond donors (Lipinski definition) is 2. The molecule has 2 heterocycles. The highest BCUT2D eigenvalue weighted by Crippen LogP contribution is 2.26. The van der Waals surface area contributed by atoms with Gasteiger partial charge in [0.15, 0.2) is 5.76 Å². The first-order valence-corrected chi connectivity index (χ1v) is 8.30. The Morgan fingerprint density at radius 2 is 2.08 bits per heavy atom. The van der Waals surface area contributed by atoms with Crippen LogP contribution in [0.1, 0.15) is 23.4 Å². The molecule has 0 aliphatic carbocycles. The fourth-order valence-corrected chi connectivity index (χ4v) is 2.83. The van der Waals surface area contributed by atoms with Crippen molar-refractivity contribution in [3.8, 4) is 17.1 Å². The van der Waals surface area contributed by atoms with Gasteiger partial charge in [-0.1, -0.05) is 12.1 Å². The van der Waals surface area contributed by atoms with E-state index in [9.17, 15) is 4.79 Å². The predicted molar refractivity (Wildman–Crippen MR) is 91.8 cm³/mol. The van der Waals surface area contributed by atoms with Crippen LogP contribution in [0, 0.1) is 0 Å². The highest BCUT2D eigenvalue weighted by atomic mass is 16.5. The first-order chi connectivity index (χ1) is 11.8. The van der Waals surface area contributed by atoms with Crippen LogP contribution in [0.25, 0.3) is 11.3 Å². The highest BCUT2D eigenvalue weighted by molar-refractivity contribution is 5.92. The van der Waals surface area contributed by atoms with Gasteiger partial charge in [-0.15, -0.1) is 0 Å². The fourth-order valence-electron chi connectivity index (χ4n) is 2.83. The van der Waals surface area contributed by atoms with Gasteiger partial charge in [0.2, 0.25) is 0 Å². The van der Waals surface area contributed by atoms with E-state index < -0.39 is 0 Å². The van der Waals surface area contributed by atoms with Gasteiger partial charge in [0, 0.05) is 12.1 Å². The number of amides is 1. The summed E-state index contributed by atoms with van der Waals surface area (Å²) in [6.07, 6.45) is 2.57. The lowest BCUT2D eigenvalue weighted by molar-refractivity contribution is 0.0928. The Balaban J connectivity index is 1.61. The summed E-state index contributed by atoms with van der Waals surface area (Å²) in [5.74, 6) is 1.36. The van der Waals surface area contributed by atoms with E-state index in [1.807, 2.05) is 24.3 Å². The summed E-state index contributed by atoms with van der Waals surface area (Å²) < 4.78 is 11.4. The standard InChI is InChI=1S/C18H23N3O3/c19-13-20-18(22)17-7-6-16(24-17)14-4-3-5-15(12-14)23-11-10-21-8-1-2-9-21/h3-7,12H,1-2,8-11,13,19H2,(H,20,22). The summed E-state index contributed by atoms with van der Waals surface area (Å²) in [4.78, 5) is 14.1. The smallest absolute Gasteiger partial charge is 0.287 e. The van der Waals surface area contributed by atoms with Gasteiger partial charge in [0.25, 0.3) is 5.91 Å². The zero-order chi connectivity index (χ0) is 16.8. The summed E-state index contributed by atoms with van der Waals surface area (Å²) in [5, 5.41) is 2.51. The molecule has 3 rings (SSSR count). The van der Waals surface area contributed by atoms with Gasteiger partial charge in [-0.2, -0.15) is 0 Å². The van der Waals surface area contributed by atoms with Crippen molar-refractivity contribution in [2.24, 2.45) is 5.73 Å². The van der Waals surface area contributed by atoms with Gasteiger partial charge < -0.3 is 20.2 Å². The summed E-state index contributed by atoms with van der Waals surface area (Å²) in [6, 6.07) is 11.1. The molecule has 24 heavy (non-hydrogen) atoms. The molecule has 3 N–H and O–H groups in total. The zero-order valence-electron chi connectivity index (χ0n) is 13.7. The third kappa shape index (κ3) is 4.15. The zero-order valence-corrected chi connectivity index (χ0v) is 13.7. The lowest BCUT2D eigenvalue weighted by Crippen LogP contribution is -2.28. The number of rotatable bonds is 7. The number of nitrogens with two attached hydrogens (primary N) is 1. The molecular formula is C18H23N3O3. The SMILES string of the molecule is NCNC(=O)c1ccc(-c2cccc(OCCN3CCCC3)c2)o1. The number of hydrogen-bond acceptors (Lipinski definition) is 5. The van der Waals surface area contributed by atoms with Crippen molar-refractivity contribution in [2.75, 3.05) is 32.9 Å². The van der Waals surface area contributed by atoms with Crippen LogP contribution in [-0.4, -0.2) is 43.7 Å². The number of benzene rings is 1. The van der Waals surface area contributed by atoms with Crippen molar-refractivity contribution in [3.05, 3.63) is 42.2 Å². The lowest BCUT2D eigenvalue weighted by Gasteiger charge is -2.15. The van der Waals surface area contributed by atoms with Crippen LogP contribution in [0.5, 0.6) is 5.75 Å². The minimum absolute atomic E-state index is 0.0786. The molecular weight excluding hydrogens is 306 g/mol. The van der Waals surface area contributed by atoms with Crippen LogP contribution in [0.3, 0.4) is 0 Å². The second kappa shape index (κ2) is 7.99. The average molecular weight is 329 g/mol. The number of carbonyl (C=O) groups is 1. The molecule has 1 aliphatic rings. The Hall–Kier alpha value is -2.31. The average Bonchev–Trinajstić information content (AvgIpc) is 3.27. The third-order valence-corrected chi connectivity index (χ3v) is 4.09. The molecule has 1 aliphatic heterocycles. The molecule has 0 bridgehead atoms. The Morgan fingerprint density at radius 3 is 2.88 bits per heavy atom. The quantitative estimate of drug-likeness (QED) is 0.760. The van der Waals surface area contributed by atoms with E-state index in [2.05, 4.69) is 10.2 Å². The van der Waals surface area contributed by atoms with E-state index in [4.69, 9.17) is 14.9 Å². The Labute approximate surface area is 141 Å². The molecule has 0 unspecified atom stereocenters. The molecule has 1 fully saturated rings. The topological polar surface area (TPSA) is 80.7 Å². The summed E-state index contributed by atoms with van der Waals surface area (Å²) in [6.45, 7) is 4.04. The third-order valence-electron chi connectivity index (χ3n) is 4.09. The minimum atomic E-state index is -0.318. The van der Waals surface area contributed by atoms with Gasteiger partial charge in [-0.25, -0.2) is 0 Å². The largest absolute Gasteiger partial charge is 0.492 e. The summed E-state index contributed by atoms with van der Waals surface area (Å²) >= 11 is 0. The van der Waals surface area contributed by atoms with Crippen LogP contribution >= 0.6 is 0 Å². The number of furan rings is 1. The van der Waals surface area contributed by atoms with Crippen molar-refractivity contribution >= 4 is 5.91 Å². The monoisotopic (exact) mass is 329 g/mol. The number of likely N-dealkylation sites (tertiary alicyclic amines) is 1. The maximum Gasteiger partial charge on any atom is 0.287 e. The molecule has 0 atom stereocenters. The normalized spacial score (nSPS) is 14.7. The van der Waals surface area contributed by atoms with Crippen molar-refractivity contribution in [1.29, 1.82) is 0 Å². The molecule has 1 saturated heterocycles. The Kier molecular flexibility index (Phi) is 5.51. The van der Waals surface area contributed by atoms with Gasteiger partial charge >= 0.3 is 0 Å². The molecule has 128 valence electrons. The summed E-state index contributed by atoms with van der Waals surface area (Å²) in [7, 11) is 0. The molecule has 1 aromatic heterocycles. The van der Waals surface area contributed by atoms with Gasteiger partial charge in [0.1, 0.15) is 18.1 Å². The van der Waals surface area contributed by atoms with E-state index in [1.54, 1.807) is 12.1 Å². The van der Waals surface area contributed by atoms with E-state index in [0.29, 0.717) is 12.4 Å². The number of carbonyl (C=O) groups excluding carboxylic acids is 1. The van der Waals surface area contributed by atoms with Crippen molar-refractivity contribution in [3.63, 3.8) is 0 Å². The van der Waals surface area contributed by atoms with Crippen molar-refractivity contribution in [1.82, 2.24) is 10.2 Å². The van der Waals surface area contributed by atoms with E-state index >= 15 is 0 Å².